The molecule has 2 rings (SSSR count). The smallest absolute Gasteiger partial charge is 0.286 e. The topological polar surface area (TPSA) is 129 Å². The van der Waals surface area contributed by atoms with Gasteiger partial charge in [-0.1, -0.05) is 13.8 Å². The van der Waals surface area contributed by atoms with Gasteiger partial charge in [-0.15, -0.1) is 0 Å². The third-order valence-electron chi connectivity index (χ3n) is 2.73. The van der Waals surface area contributed by atoms with Gasteiger partial charge in [-0.3, -0.25) is 24.5 Å². The van der Waals surface area contributed by atoms with Crippen LogP contribution in [0.15, 0.2) is 22.1 Å². The number of rotatable bonds is 5. The average Bonchev–Trinajstić information content (AvgIpc) is 2.78. The molecule has 2 heterocycles. The first-order chi connectivity index (χ1) is 9.88. The highest BCUT2D eigenvalue weighted by atomic mass is 16.6. The summed E-state index contributed by atoms with van der Waals surface area (Å²) in [6.45, 7) is 4.60. The molecule has 1 N–H and O–H groups in total. The van der Waals surface area contributed by atoms with Crippen molar-refractivity contribution < 1.29 is 4.92 Å². The molecule has 0 bridgehead atoms. The van der Waals surface area contributed by atoms with Crippen LogP contribution in [0.1, 0.15) is 19.7 Å². The van der Waals surface area contributed by atoms with E-state index in [2.05, 4.69) is 10.1 Å². The van der Waals surface area contributed by atoms with E-state index >= 15 is 0 Å². The van der Waals surface area contributed by atoms with Crippen molar-refractivity contribution in [3.05, 3.63) is 49.3 Å². The molecular formula is C11H14N6O4. The second-order valence-electron chi connectivity index (χ2n) is 4.91. The summed E-state index contributed by atoms with van der Waals surface area (Å²) in [5.41, 5.74) is -2.45. The average molecular weight is 294 g/mol. The van der Waals surface area contributed by atoms with Crippen molar-refractivity contribution in [1.29, 1.82) is 0 Å². The second-order valence-corrected chi connectivity index (χ2v) is 4.91. The number of aromatic amines is 1. The molecule has 0 saturated carbocycles. The number of hydrogen-bond acceptors (Lipinski definition) is 6. The van der Waals surface area contributed by atoms with Gasteiger partial charge in [0, 0.05) is 6.54 Å². The van der Waals surface area contributed by atoms with Gasteiger partial charge < -0.3 is 0 Å². The Kier molecular flexibility index (Phi) is 3.96. The lowest BCUT2D eigenvalue weighted by Crippen LogP contribution is -2.31. The molecule has 2 aromatic rings. The molecular weight excluding hydrogens is 280 g/mol. The van der Waals surface area contributed by atoms with Crippen LogP contribution in [-0.2, 0) is 13.1 Å². The number of nitrogens with one attached hydrogen (secondary N) is 1. The SMILES string of the molecule is CC(C)Cn1ncnc1Cn1cc([N+](=O)[O-])c(=O)[nH]c1=O. The monoisotopic (exact) mass is 294 g/mol. The Morgan fingerprint density at radius 2 is 2.14 bits per heavy atom. The van der Waals surface area contributed by atoms with Gasteiger partial charge in [-0.05, 0) is 5.92 Å². The highest BCUT2D eigenvalue weighted by Gasteiger charge is 2.16. The highest BCUT2D eigenvalue weighted by molar-refractivity contribution is 5.21. The van der Waals surface area contributed by atoms with Crippen LogP contribution < -0.4 is 11.2 Å². The summed E-state index contributed by atoms with van der Waals surface area (Å²) in [4.78, 5) is 38.9. The van der Waals surface area contributed by atoms with E-state index < -0.39 is 21.9 Å². The van der Waals surface area contributed by atoms with Crippen LogP contribution in [0.4, 0.5) is 5.69 Å². The summed E-state index contributed by atoms with van der Waals surface area (Å²) in [6.07, 6.45) is 2.26. The van der Waals surface area contributed by atoms with Crippen LogP contribution in [0, 0.1) is 16.0 Å². The molecule has 0 aliphatic rings. The predicted molar refractivity (Wildman–Crippen MR) is 71.9 cm³/mol. The highest BCUT2D eigenvalue weighted by Crippen LogP contribution is 2.04. The third kappa shape index (κ3) is 3.22. The van der Waals surface area contributed by atoms with Gasteiger partial charge in [0.05, 0.1) is 17.7 Å². The summed E-state index contributed by atoms with van der Waals surface area (Å²) >= 11 is 0. The van der Waals surface area contributed by atoms with Crippen LogP contribution in [0.2, 0.25) is 0 Å². The van der Waals surface area contributed by atoms with E-state index in [9.17, 15) is 19.7 Å². The zero-order valence-electron chi connectivity index (χ0n) is 11.5. The number of aromatic nitrogens is 5. The first kappa shape index (κ1) is 14.6. The van der Waals surface area contributed by atoms with Crippen molar-refractivity contribution in [1.82, 2.24) is 24.3 Å². The minimum absolute atomic E-state index is 0.0107. The zero-order chi connectivity index (χ0) is 15.6. The van der Waals surface area contributed by atoms with Crippen molar-refractivity contribution >= 4 is 5.69 Å². The van der Waals surface area contributed by atoms with Crippen LogP contribution >= 0.6 is 0 Å². The number of nitrogens with zero attached hydrogens (tertiary/aromatic N) is 5. The maximum Gasteiger partial charge on any atom is 0.350 e. The van der Waals surface area contributed by atoms with Crippen molar-refractivity contribution in [2.24, 2.45) is 5.92 Å². The molecule has 10 nitrogen and oxygen atoms in total. The quantitative estimate of drug-likeness (QED) is 0.597. The van der Waals surface area contributed by atoms with E-state index in [0.717, 1.165) is 10.8 Å². The van der Waals surface area contributed by atoms with Crippen molar-refractivity contribution in [2.75, 3.05) is 0 Å². The molecule has 21 heavy (non-hydrogen) atoms. The zero-order valence-corrected chi connectivity index (χ0v) is 11.5. The Balaban J connectivity index is 2.38. The molecule has 0 aromatic carbocycles. The normalized spacial score (nSPS) is 11.0. The van der Waals surface area contributed by atoms with E-state index in [1.807, 2.05) is 18.8 Å². The van der Waals surface area contributed by atoms with Gasteiger partial charge >= 0.3 is 16.9 Å². The van der Waals surface area contributed by atoms with Crippen LogP contribution in [-0.4, -0.2) is 29.2 Å². The van der Waals surface area contributed by atoms with Crippen LogP contribution in [0.25, 0.3) is 0 Å². The lowest BCUT2D eigenvalue weighted by Gasteiger charge is -2.09. The summed E-state index contributed by atoms with van der Waals surface area (Å²) < 4.78 is 2.65. The first-order valence-corrected chi connectivity index (χ1v) is 6.23. The van der Waals surface area contributed by atoms with Crippen molar-refractivity contribution in [2.45, 2.75) is 26.9 Å². The molecule has 0 saturated heterocycles. The summed E-state index contributed by atoms with van der Waals surface area (Å²) in [5.74, 6) is 0.805. The fourth-order valence-corrected chi connectivity index (χ4v) is 1.81. The van der Waals surface area contributed by atoms with Crippen molar-refractivity contribution in [3.8, 4) is 0 Å². The van der Waals surface area contributed by atoms with Crippen molar-refractivity contribution in [3.63, 3.8) is 0 Å². The second kappa shape index (κ2) is 5.69. The standard InChI is InChI=1S/C11H14N6O4/c1-7(2)3-16-9(12-6-13-16)5-15-4-8(17(20)21)10(18)14-11(15)19/h4,6-7H,3,5H2,1-2H3,(H,14,18,19). The Morgan fingerprint density at radius 3 is 2.76 bits per heavy atom. The maximum atomic E-state index is 11.7. The first-order valence-electron chi connectivity index (χ1n) is 6.23. The van der Waals surface area contributed by atoms with Crippen LogP contribution in [0.5, 0.6) is 0 Å². The van der Waals surface area contributed by atoms with Gasteiger partial charge in [0.1, 0.15) is 12.2 Å². The minimum Gasteiger partial charge on any atom is -0.286 e. The molecule has 2 aromatic heterocycles. The maximum absolute atomic E-state index is 11.7. The van der Waals surface area contributed by atoms with E-state index in [1.165, 1.54) is 6.33 Å². The third-order valence-corrected chi connectivity index (χ3v) is 2.73. The molecule has 0 atom stereocenters. The molecule has 112 valence electrons. The Labute approximate surface area is 118 Å². The Morgan fingerprint density at radius 1 is 1.43 bits per heavy atom. The Hall–Kier alpha value is -2.78. The molecule has 0 aliphatic heterocycles. The lowest BCUT2D eigenvalue weighted by molar-refractivity contribution is -0.386. The number of nitro groups is 1. The predicted octanol–water partition coefficient (Wildman–Crippen LogP) is -0.259. The summed E-state index contributed by atoms with van der Waals surface area (Å²) in [6, 6.07) is 0. The number of hydrogen-bond donors (Lipinski definition) is 1. The van der Waals surface area contributed by atoms with E-state index in [4.69, 9.17) is 0 Å². The van der Waals surface area contributed by atoms with Gasteiger partial charge in [0.2, 0.25) is 0 Å². The van der Waals surface area contributed by atoms with E-state index in [1.54, 1.807) is 4.68 Å². The molecule has 0 radical (unpaired) electrons. The van der Waals surface area contributed by atoms with Gasteiger partial charge in [0.25, 0.3) is 0 Å². The molecule has 0 fully saturated rings. The fraction of sp³-hybridized carbons (Fsp3) is 0.455. The summed E-state index contributed by atoms with van der Waals surface area (Å²) in [5, 5.41) is 14.8. The molecule has 0 spiro atoms. The van der Waals surface area contributed by atoms with Gasteiger partial charge in [0.15, 0.2) is 0 Å². The van der Waals surface area contributed by atoms with Crippen LogP contribution in [0.3, 0.4) is 0 Å². The molecule has 10 heteroatoms. The Bertz CT molecular complexity index is 772. The molecule has 0 amide bonds. The minimum atomic E-state index is -1.02. The largest absolute Gasteiger partial charge is 0.350 e. The van der Waals surface area contributed by atoms with E-state index in [0.29, 0.717) is 18.3 Å². The summed E-state index contributed by atoms with van der Waals surface area (Å²) in [7, 11) is 0. The molecule has 0 unspecified atom stereocenters. The fourth-order valence-electron chi connectivity index (χ4n) is 1.81. The van der Waals surface area contributed by atoms with Gasteiger partial charge in [-0.2, -0.15) is 5.10 Å². The van der Waals surface area contributed by atoms with Gasteiger partial charge in [-0.25, -0.2) is 14.5 Å². The number of H-pyrrole nitrogens is 1. The lowest BCUT2D eigenvalue weighted by atomic mass is 10.2. The molecule has 0 aliphatic carbocycles. The van der Waals surface area contributed by atoms with E-state index in [-0.39, 0.29) is 6.54 Å².